The van der Waals surface area contributed by atoms with Crippen LogP contribution in [0.3, 0.4) is 0 Å². The van der Waals surface area contributed by atoms with Crippen LogP contribution in [0.5, 0.6) is 0 Å². The molecule has 16 heavy (non-hydrogen) atoms. The smallest absolute Gasteiger partial charge is 0.0663 e. The molecule has 0 N–H and O–H groups in total. The molecule has 1 heterocycles. The van der Waals surface area contributed by atoms with Gasteiger partial charge in [-0.05, 0) is 49.4 Å². The molecule has 1 aliphatic heterocycles. The first-order valence-corrected chi connectivity index (χ1v) is 7.19. The molecule has 92 valence electrons. The molecule has 0 aromatic heterocycles. The van der Waals surface area contributed by atoms with Gasteiger partial charge < -0.3 is 4.74 Å². The van der Waals surface area contributed by atoms with Crippen molar-refractivity contribution < 1.29 is 4.74 Å². The third kappa shape index (κ3) is 1.27. The monoisotopic (exact) mass is 222 g/mol. The lowest BCUT2D eigenvalue weighted by molar-refractivity contribution is -0.313. The van der Waals surface area contributed by atoms with Crippen molar-refractivity contribution in [3.63, 3.8) is 0 Å². The predicted molar refractivity (Wildman–Crippen MR) is 66.2 cm³/mol. The second kappa shape index (κ2) is 3.48. The van der Waals surface area contributed by atoms with Gasteiger partial charge in [0.15, 0.2) is 0 Å². The average molecular weight is 222 g/mol. The molecule has 0 radical (unpaired) electrons. The zero-order chi connectivity index (χ0) is 11.5. The molecule has 3 rings (SSSR count). The Labute approximate surface area is 99.9 Å². The van der Waals surface area contributed by atoms with Crippen LogP contribution in [-0.2, 0) is 4.74 Å². The van der Waals surface area contributed by atoms with Gasteiger partial charge in [-0.25, -0.2) is 0 Å². The van der Waals surface area contributed by atoms with Crippen molar-refractivity contribution in [3.8, 4) is 0 Å². The van der Waals surface area contributed by atoms with Crippen LogP contribution in [0.2, 0.25) is 0 Å². The van der Waals surface area contributed by atoms with Crippen LogP contribution in [-0.4, -0.2) is 12.2 Å². The van der Waals surface area contributed by atoms with Crippen LogP contribution >= 0.6 is 0 Å². The van der Waals surface area contributed by atoms with E-state index in [1.807, 2.05) is 0 Å². The van der Waals surface area contributed by atoms with Gasteiger partial charge in [0, 0.05) is 5.41 Å². The van der Waals surface area contributed by atoms with Crippen LogP contribution < -0.4 is 0 Å². The van der Waals surface area contributed by atoms with Crippen molar-refractivity contribution in [1.29, 1.82) is 0 Å². The summed E-state index contributed by atoms with van der Waals surface area (Å²) in [5, 5.41) is 0. The fourth-order valence-electron chi connectivity index (χ4n) is 4.75. The van der Waals surface area contributed by atoms with Crippen molar-refractivity contribution >= 4 is 0 Å². The van der Waals surface area contributed by atoms with Gasteiger partial charge >= 0.3 is 0 Å². The Morgan fingerprint density at radius 2 is 1.88 bits per heavy atom. The van der Waals surface area contributed by atoms with Crippen LogP contribution in [0.4, 0.5) is 0 Å². The molecule has 2 unspecified atom stereocenters. The van der Waals surface area contributed by atoms with Crippen LogP contribution in [0, 0.1) is 29.1 Å². The molecule has 1 saturated heterocycles. The Kier molecular flexibility index (Phi) is 2.41. The van der Waals surface area contributed by atoms with E-state index in [9.17, 15) is 0 Å². The maximum atomic E-state index is 6.15. The summed E-state index contributed by atoms with van der Waals surface area (Å²) >= 11 is 0. The molecule has 0 spiro atoms. The van der Waals surface area contributed by atoms with Gasteiger partial charge in [-0.15, -0.1) is 0 Å². The maximum absolute atomic E-state index is 6.15. The summed E-state index contributed by atoms with van der Waals surface area (Å²) in [6, 6.07) is 0. The molecular formula is C15H26O. The number of hydrogen-bond donors (Lipinski definition) is 0. The molecule has 1 heteroatoms. The van der Waals surface area contributed by atoms with Crippen LogP contribution in [0.1, 0.15) is 53.4 Å². The van der Waals surface area contributed by atoms with E-state index in [1.165, 1.54) is 25.7 Å². The Hall–Kier alpha value is -0.0400. The molecule has 0 bridgehead atoms. The van der Waals surface area contributed by atoms with Crippen molar-refractivity contribution in [2.24, 2.45) is 29.1 Å². The van der Waals surface area contributed by atoms with Gasteiger partial charge in [-0.1, -0.05) is 27.7 Å². The fraction of sp³-hybridized carbons (Fsp3) is 1.00. The molecule has 0 aromatic carbocycles. The largest absolute Gasteiger partial charge is 0.374 e. The zero-order valence-electron chi connectivity index (χ0n) is 11.2. The van der Waals surface area contributed by atoms with Crippen molar-refractivity contribution in [2.45, 2.75) is 65.6 Å². The minimum absolute atomic E-state index is 0.545. The summed E-state index contributed by atoms with van der Waals surface area (Å²) in [7, 11) is 0. The van der Waals surface area contributed by atoms with E-state index < -0.39 is 0 Å². The topological polar surface area (TPSA) is 9.23 Å². The summed E-state index contributed by atoms with van der Waals surface area (Å²) in [5.41, 5.74) is 0.545. The van der Waals surface area contributed by atoms with Crippen molar-refractivity contribution in [1.82, 2.24) is 0 Å². The van der Waals surface area contributed by atoms with Gasteiger partial charge in [-0.2, -0.15) is 0 Å². The molecule has 3 fully saturated rings. The minimum atomic E-state index is 0.545. The highest BCUT2D eigenvalue weighted by molar-refractivity contribution is 5.10. The van der Waals surface area contributed by atoms with E-state index in [4.69, 9.17) is 4.74 Å². The molecular weight excluding hydrogens is 196 g/mol. The third-order valence-corrected chi connectivity index (χ3v) is 6.10. The van der Waals surface area contributed by atoms with E-state index in [0.29, 0.717) is 17.6 Å². The summed E-state index contributed by atoms with van der Waals surface area (Å²) in [5.74, 6) is 3.60. The number of hydrogen-bond acceptors (Lipinski definition) is 1. The molecule has 1 nitrogen and oxygen atoms in total. The highest BCUT2D eigenvalue weighted by atomic mass is 16.5. The van der Waals surface area contributed by atoms with E-state index in [1.54, 1.807) is 0 Å². The van der Waals surface area contributed by atoms with Crippen LogP contribution in [0.15, 0.2) is 0 Å². The molecule has 6 atom stereocenters. The standard InChI is InChI=1S/C15H26O/c1-9(2)11-7-12-10(3)5-6-13-15(12,4)14(8-11)16-13/h9-14H,5-8H2,1-4H3/t10-,11-,12+,13?,14?,15-/m1/s1. The molecule has 3 aliphatic rings. The summed E-state index contributed by atoms with van der Waals surface area (Å²) in [6.07, 6.45) is 6.69. The lowest BCUT2D eigenvalue weighted by atomic mass is 9.49. The molecule has 0 amide bonds. The highest BCUT2D eigenvalue weighted by Crippen LogP contribution is 2.62. The molecule has 2 saturated carbocycles. The van der Waals surface area contributed by atoms with Gasteiger partial charge in [0.1, 0.15) is 0 Å². The van der Waals surface area contributed by atoms with E-state index in [0.717, 1.165) is 23.7 Å². The first-order chi connectivity index (χ1) is 7.53. The Morgan fingerprint density at radius 3 is 2.56 bits per heavy atom. The second-order valence-electron chi connectivity index (χ2n) is 7.12. The SMILES string of the molecule is CC(C)[C@H]1CC2OC3CC[C@@H](C)[C@H](C1)[C@]32C. The van der Waals surface area contributed by atoms with E-state index in [2.05, 4.69) is 27.7 Å². The summed E-state index contributed by atoms with van der Waals surface area (Å²) < 4.78 is 6.15. The first kappa shape index (κ1) is 11.1. The summed E-state index contributed by atoms with van der Waals surface area (Å²) in [6.45, 7) is 9.76. The lowest BCUT2D eigenvalue weighted by Gasteiger charge is -2.66. The Morgan fingerprint density at radius 1 is 1.12 bits per heavy atom. The van der Waals surface area contributed by atoms with E-state index in [-0.39, 0.29) is 0 Å². The number of rotatable bonds is 1. The molecule has 2 aliphatic carbocycles. The van der Waals surface area contributed by atoms with E-state index >= 15 is 0 Å². The fourth-order valence-corrected chi connectivity index (χ4v) is 4.75. The van der Waals surface area contributed by atoms with Crippen molar-refractivity contribution in [3.05, 3.63) is 0 Å². The number of ether oxygens (including phenoxy) is 1. The Bertz CT molecular complexity index is 285. The zero-order valence-corrected chi connectivity index (χ0v) is 11.2. The minimum Gasteiger partial charge on any atom is -0.374 e. The van der Waals surface area contributed by atoms with Gasteiger partial charge in [-0.3, -0.25) is 0 Å². The van der Waals surface area contributed by atoms with Crippen molar-refractivity contribution in [2.75, 3.05) is 0 Å². The Balaban J connectivity index is 1.85. The highest BCUT2D eigenvalue weighted by Gasteiger charge is 2.62. The molecule has 0 aromatic rings. The van der Waals surface area contributed by atoms with Gasteiger partial charge in [0.2, 0.25) is 0 Å². The third-order valence-electron chi connectivity index (χ3n) is 6.10. The van der Waals surface area contributed by atoms with Gasteiger partial charge in [0.05, 0.1) is 12.2 Å². The summed E-state index contributed by atoms with van der Waals surface area (Å²) in [4.78, 5) is 0. The average Bonchev–Trinajstić information content (AvgIpc) is 2.23. The second-order valence-corrected chi connectivity index (χ2v) is 7.12. The normalized spacial score (nSPS) is 55.7. The first-order valence-electron chi connectivity index (χ1n) is 7.19. The lowest BCUT2D eigenvalue weighted by Crippen LogP contribution is -2.67. The predicted octanol–water partition coefficient (Wildman–Crippen LogP) is 3.87. The quantitative estimate of drug-likeness (QED) is 0.654. The van der Waals surface area contributed by atoms with Gasteiger partial charge in [0.25, 0.3) is 0 Å². The van der Waals surface area contributed by atoms with Crippen LogP contribution in [0.25, 0.3) is 0 Å². The maximum Gasteiger partial charge on any atom is 0.0663 e.